The van der Waals surface area contributed by atoms with E-state index in [0.717, 1.165) is 11.6 Å². The number of aromatic nitrogens is 1. The van der Waals surface area contributed by atoms with Crippen LogP contribution >= 0.6 is 11.3 Å². The highest BCUT2D eigenvalue weighted by atomic mass is 32.1. The van der Waals surface area contributed by atoms with Crippen LogP contribution in [0.15, 0.2) is 29.6 Å². The molecular formula is C17H23N3S. The summed E-state index contributed by atoms with van der Waals surface area (Å²) in [6, 6.07) is 9.31. The van der Waals surface area contributed by atoms with E-state index < -0.39 is 0 Å². The Bertz CT molecular complexity index is 568. The molecule has 0 saturated heterocycles. The molecule has 2 aromatic rings. The Morgan fingerprint density at radius 3 is 2.57 bits per heavy atom. The molecule has 1 aromatic heterocycles. The average Bonchev–Trinajstić information content (AvgIpc) is 3.17. The molecule has 1 N–H and O–H groups in total. The van der Waals surface area contributed by atoms with Gasteiger partial charge < -0.3 is 10.2 Å². The Balaban J connectivity index is 1.63. The smallest absolute Gasteiger partial charge is 0.123 e. The second-order valence-electron chi connectivity index (χ2n) is 5.95. The number of hydrogen-bond acceptors (Lipinski definition) is 4. The number of anilines is 1. The molecule has 3 rings (SSSR count). The first-order valence-corrected chi connectivity index (χ1v) is 8.56. The van der Waals surface area contributed by atoms with Crippen LogP contribution in [-0.4, -0.2) is 25.1 Å². The Morgan fingerprint density at radius 1 is 1.19 bits per heavy atom. The van der Waals surface area contributed by atoms with Gasteiger partial charge in [0.05, 0.1) is 5.69 Å². The van der Waals surface area contributed by atoms with Crippen molar-refractivity contribution in [3.05, 3.63) is 35.3 Å². The molecule has 1 aromatic carbocycles. The van der Waals surface area contributed by atoms with Gasteiger partial charge in [-0.3, -0.25) is 0 Å². The van der Waals surface area contributed by atoms with Gasteiger partial charge in [-0.1, -0.05) is 12.8 Å². The van der Waals surface area contributed by atoms with Crippen molar-refractivity contribution in [2.24, 2.45) is 0 Å². The molecule has 0 amide bonds. The zero-order valence-corrected chi connectivity index (χ0v) is 13.6. The molecule has 1 heterocycles. The highest BCUT2D eigenvalue weighted by Gasteiger charge is 2.14. The first-order valence-electron chi connectivity index (χ1n) is 7.68. The third-order valence-corrected chi connectivity index (χ3v) is 5.05. The van der Waals surface area contributed by atoms with Crippen LogP contribution in [0, 0.1) is 0 Å². The standard InChI is InChI=1S/C17H23N3S/c1-20(2)16-9-7-13(8-10-16)17-19-15(12-21-17)11-18-14-5-3-4-6-14/h7-10,12,14,18H,3-6,11H2,1-2H3. The quantitative estimate of drug-likeness (QED) is 0.907. The Kier molecular flexibility index (Phi) is 4.56. The van der Waals surface area contributed by atoms with Crippen molar-refractivity contribution in [2.45, 2.75) is 38.3 Å². The molecule has 3 nitrogen and oxygen atoms in total. The maximum atomic E-state index is 4.76. The lowest BCUT2D eigenvalue weighted by atomic mass is 10.2. The molecule has 1 saturated carbocycles. The van der Waals surface area contributed by atoms with Gasteiger partial charge in [-0.05, 0) is 37.1 Å². The topological polar surface area (TPSA) is 28.2 Å². The molecule has 21 heavy (non-hydrogen) atoms. The first kappa shape index (κ1) is 14.5. The van der Waals surface area contributed by atoms with Crippen LogP contribution in [0.3, 0.4) is 0 Å². The highest BCUT2D eigenvalue weighted by Crippen LogP contribution is 2.26. The molecule has 0 aliphatic heterocycles. The number of rotatable bonds is 5. The normalized spacial score (nSPS) is 15.5. The minimum absolute atomic E-state index is 0.703. The Labute approximate surface area is 131 Å². The van der Waals surface area contributed by atoms with E-state index in [1.807, 2.05) is 0 Å². The van der Waals surface area contributed by atoms with Crippen LogP contribution < -0.4 is 10.2 Å². The molecule has 0 unspecified atom stereocenters. The molecular weight excluding hydrogens is 278 g/mol. The van der Waals surface area contributed by atoms with Crippen molar-refractivity contribution in [1.29, 1.82) is 0 Å². The number of thiazole rings is 1. The Hall–Kier alpha value is -1.39. The monoisotopic (exact) mass is 301 g/mol. The third-order valence-electron chi connectivity index (χ3n) is 4.11. The van der Waals surface area contributed by atoms with Crippen molar-refractivity contribution in [3.8, 4) is 10.6 Å². The first-order chi connectivity index (χ1) is 10.2. The average molecular weight is 301 g/mol. The summed E-state index contributed by atoms with van der Waals surface area (Å²) in [5, 5.41) is 6.92. The zero-order valence-electron chi connectivity index (χ0n) is 12.8. The molecule has 0 atom stereocenters. The van der Waals surface area contributed by atoms with Gasteiger partial charge in [-0.15, -0.1) is 11.3 Å². The fraction of sp³-hybridized carbons (Fsp3) is 0.471. The number of benzene rings is 1. The van der Waals surface area contributed by atoms with Crippen LogP contribution in [0.1, 0.15) is 31.4 Å². The number of hydrogen-bond donors (Lipinski definition) is 1. The van der Waals surface area contributed by atoms with E-state index in [1.165, 1.54) is 42.6 Å². The lowest BCUT2D eigenvalue weighted by Crippen LogP contribution is -2.25. The van der Waals surface area contributed by atoms with Crippen LogP contribution in [0.5, 0.6) is 0 Å². The van der Waals surface area contributed by atoms with E-state index in [2.05, 4.69) is 54.0 Å². The van der Waals surface area contributed by atoms with E-state index >= 15 is 0 Å². The fourth-order valence-corrected chi connectivity index (χ4v) is 3.63. The van der Waals surface area contributed by atoms with Gasteiger partial charge in [0.25, 0.3) is 0 Å². The molecule has 112 valence electrons. The molecule has 0 bridgehead atoms. The number of nitrogens with zero attached hydrogens (tertiary/aromatic N) is 2. The lowest BCUT2D eigenvalue weighted by molar-refractivity contribution is 0.520. The molecule has 0 radical (unpaired) electrons. The van der Waals surface area contributed by atoms with Gasteiger partial charge in [0.1, 0.15) is 5.01 Å². The summed E-state index contributed by atoms with van der Waals surface area (Å²) in [5.41, 5.74) is 3.59. The van der Waals surface area contributed by atoms with Gasteiger partial charge in [0.2, 0.25) is 0 Å². The molecule has 0 spiro atoms. The highest BCUT2D eigenvalue weighted by molar-refractivity contribution is 7.13. The second kappa shape index (κ2) is 6.58. The maximum absolute atomic E-state index is 4.76. The summed E-state index contributed by atoms with van der Waals surface area (Å²) in [7, 11) is 4.12. The molecule has 4 heteroatoms. The van der Waals surface area contributed by atoms with Crippen molar-refractivity contribution in [2.75, 3.05) is 19.0 Å². The summed E-state index contributed by atoms with van der Waals surface area (Å²) in [6.45, 7) is 0.900. The van der Waals surface area contributed by atoms with Gasteiger partial charge >= 0.3 is 0 Å². The Morgan fingerprint density at radius 2 is 1.90 bits per heavy atom. The predicted octanol–water partition coefficient (Wildman–Crippen LogP) is 3.91. The fourth-order valence-electron chi connectivity index (χ4n) is 2.80. The van der Waals surface area contributed by atoms with Crippen LogP contribution in [0.4, 0.5) is 5.69 Å². The van der Waals surface area contributed by atoms with Crippen molar-refractivity contribution < 1.29 is 0 Å². The molecule has 1 fully saturated rings. The van der Waals surface area contributed by atoms with Gasteiger partial charge in [0.15, 0.2) is 0 Å². The van der Waals surface area contributed by atoms with Crippen molar-refractivity contribution >= 4 is 17.0 Å². The molecule has 1 aliphatic rings. The summed E-state index contributed by atoms with van der Waals surface area (Å²) in [4.78, 5) is 6.87. The number of nitrogens with one attached hydrogen (secondary N) is 1. The third kappa shape index (κ3) is 3.63. The minimum Gasteiger partial charge on any atom is -0.378 e. The zero-order chi connectivity index (χ0) is 14.7. The van der Waals surface area contributed by atoms with Gasteiger partial charge in [-0.2, -0.15) is 0 Å². The second-order valence-corrected chi connectivity index (χ2v) is 6.81. The largest absolute Gasteiger partial charge is 0.378 e. The SMILES string of the molecule is CN(C)c1ccc(-c2nc(CNC3CCCC3)cs2)cc1. The summed E-state index contributed by atoms with van der Waals surface area (Å²) in [5.74, 6) is 0. The van der Waals surface area contributed by atoms with E-state index in [9.17, 15) is 0 Å². The van der Waals surface area contributed by atoms with Crippen molar-refractivity contribution in [1.82, 2.24) is 10.3 Å². The van der Waals surface area contributed by atoms with E-state index in [1.54, 1.807) is 11.3 Å². The summed E-state index contributed by atoms with van der Waals surface area (Å²) >= 11 is 1.73. The van der Waals surface area contributed by atoms with E-state index in [4.69, 9.17) is 4.98 Å². The van der Waals surface area contributed by atoms with Crippen molar-refractivity contribution in [3.63, 3.8) is 0 Å². The molecule has 1 aliphatic carbocycles. The summed E-state index contributed by atoms with van der Waals surface area (Å²) < 4.78 is 0. The van der Waals surface area contributed by atoms with Gasteiger partial charge in [0, 0.05) is 43.3 Å². The van der Waals surface area contributed by atoms with E-state index in [0.29, 0.717) is 6.04 Å². The minimum atomic E-state index is 0.703. The van der Waals surface area contributed by atoms with Crippen LogP contribution in [0.25, 0.3) is 10.6 Å². The van der Waals surface area contributed by atoms with Gasteiger partial charge in [-0.25, -0.2) is 4.98 Å². The predicted molar refractivity (Wildman–Crippen MR) is 91.0 cm³/mol. The van der Waals surface area contributed by atoms with E-state index in [-0.39, 0.29) is 0 Å². The lowest BCUT2D eigenvalue weighted by Gasteiger charge is -2.12. The van der Waals surface area contributed by atoms with Crippen LogP contribution in [0.2, 0.25) is 0 Å². The summed E-state index contributed by atoms with van der Waals surface area (Å²) in [6.07, 6.45) is 5.39. The maximum Gasteiger partial charge on any atom is 0.123 e. The van der Waals surface area contributed by atoms with Crippen LogP contribution in [-0.2, 0) is 6.54 Å².